The van der Waals surface area contributed by atoms with Gasteiger partial charge < -0.3 is 10.1 Å². The summed E-state index contributed by atoms with van der Waals surface area (Å²) in [6.07, 6.45) is 1.03. The maximum absolute atomic E-state index is 11.9. The fourth-order valence-electron chi connectivity index (χ4n) is 2.25. The third-order valence-electron chi connectivity index (χ3n) is 4.23. The fourth-order valence-corrected chi connectivity index (χ4v) is 2.25. The minimum absolute atomic E-state index is 0.0761. The van der Waals surface area contributed by atoms with E-state index in [1.54, 1.807) is 6.07 Å². The number of amides is 1. The van der Waals surface area contributed by atoms with Crippen molar-refractivity contribution < 1.29 is 14.5 Å². The van der Waals surface area contributed by atoms with Crippen LogP contribution in [0.15, 0.2) is 48.5 Å². The summed E-state index contributed by atoms with van der Waals surface area (Å²) in [7, 11) is 0. The Morgan fingerprint density at radius 3 is 2.48 bits per heavy atom. The first-order valence-electron chi connectivity index (χ1n) is 8.09. The van der Waals surface area contributed by atoms with Crippen LogP contribution < -0.4 is 10.1 Å². The van der Waals surface area contributed by atoms with Gasteiger partial charge in [0.15, 0.2) is 6.61 Å². The second-order valence-electron chi connectivity index (χ2n) is 6.41. The molecule has 1 amide bonds. The molecule has 0 fully saturated rings. The largest absolute Gasteiger partial charge is 0.484 e. The van der Waals surface area contributed by atoms with Gasteiger partial charge in [-0.05, 0) is 35.6 Å². The first-order chi connectivity index (χ1) is 11.8. The number of ether oxygens (including phenoxy) is 1. The Balaban J connectivity index is 1.92. The average molecular weight is 342 g/mol. The summed E-state index contributed by atoms with van der Waals surface area (Å²) in [6.45, 7) is 6.33. The number of benzene rings is 2. The number of hydrogen-bond donors (Lipinski definition) is 1. The molecule has 25 heavy (non-hydrogen) atoms. The maximum atomic E-state index is 11.9. The van der Waals surface area contributed by atoms with Crippen LogP contribution in [0.1, 0.15) is 32.8 Å². The summed E-state index contributed by atoms with van der Waals surface area (Å²) < 4.78 is 5.47. The van der Waals surface area contributed by atoms with Crippen LogP contribution in [0.2, 0.25) is 0 Å². The van der Waals surface area contributed by atoms with Crippen molar-refractivity contribution in [3.05, 3.63) is 64.2 Å². The van der Waals surface area contributed by atoms with Crippen LogP contribution in [-0.4, -0.2) is 17.4 Å². The van der Waals surface area contributed by atoms with Gasteiger partial charge >= 0.3 is 0 Å². The van der Waals surface area contributed by atoms with Gasteiger partial charge in [0.1, 0.15) is 5.75 Å². The van der Waals surface area contributed by atoms with Crippen molar-refractivity contribution in [2.75, 3.05) is 11.9 Å². The summed E-state index contributed by atoms with van der Waals surface area (Å²) in [5.74, 6) is 0.225. The molecule has 0 atom stereocenters. The minimum Gasteiger partial charge on any atom is -0.484 e. The molecule has 0 aliphatic rings. The zero-order valence-electron chi connectivity index (χ0n) is 14.6. The third kappa shape index (κ3) is 5.04. The molecule has 0 radical (unpaired) electrons. The van der Waals surface area contributed by atoms with Crippen LogP contribution in [0.25, 0.3) is 0 Å². The lowest BCUT2D eigenvalue weighted by molar-refractivity contribution is -0.384. The molecule has 2 aromatic rings. The van der Waals surface area contributed by atoms with E-state index >= 15 is 0 Å². The number of nitro benzene ring substituents is 1. The molecule has 0 aliphatic heterocycles. The number of anilines is 1. The highest BCUT2D eigenvalue weighted by Crippen LogP contribution is 2.28. The zero-order valence-corrected chi connectivity index (χ0v) is 14.6. The van der Waals surface area contributed by atoms with Gasteiger partial charge in [0.05, 0.1) is 4.92 Å². The van der Waals surface area contributed by atoms with Gasteiger partial charge in [-0.2, -0.15) is 0 Å². The molecule has 0 saturated heterocycles. The van der Waals surface area contributed by atoms with E-state index in [0.29, 0.717) is 11.4 Å². The molecular weight excluding hydrogens is 320 g/mol. The van der Waals surface area contributed by atoms with E-state index in [0.717, 1.165) is 6.42 Å². The number of nitrogens with zero attached hydrogens (tertiary/aromatic N) is 1. The van der Waals surface area contributed by atoms with E-state index in [2.05, 4.69) is 26.1 Å². The first kappa shape index (κ1) is 18.4. The number of carbonyl (C=O) groups is 1. The van der Waals surface area contributed by atoms with Gasteiger partial charge in [-0.15, -0.1) is 0 Å². The van der Waals surface area contributed by atoms with E-state index in [1.807, 2.05) is 24.3 Å². The van der Waals surface area contributed by atoms with Crippen LogP contribution >= 0.6 is 0 Å². The van der Waals surface area contributed by atoms with Crippen molar-refractivity contribution in [2.45, 2.75) is 32.6 Å². The molecule has 0 saturated carbocycles. The summed E-state index contributed by atoms with van der Waals surface area (Å²) in [5.41, 5.74) is 1.59. The highest BCUT2D eigenvalue weighted by molar-refractivity contribution is 5.92. The summed E-state index contributed by atoms with van der Waals surface area (Å²) in [6, 6.07) is 13.5. The topological polar surface area (TPSA) is 81.5 Å². The normalized spacial score (nSPS) is 11.0. The molecular formula is C19H22N2O4. The van der Waals surface area contributed by atoms with Crippen molar-refractivity contribution in [1.82, 2.24) is 0 Å². The highest BCUT2D eigenvalue weighted by atomic mass is 16.6. The summed E-state index contributed by atoms with van der Waals surface area (Å²) in [4.78, 5) is 22.2. The predicted molar refractivity (Wildman–Crippen MR) is 97.0 cm³/mol. The third-order valence-corrected chi connectivity index (χ3v) is 4.23. The Bertz CT molecular complexity index is 754. The molecule has 132 valence electrons. The summed E-state index contributed by atoms with van der Waals surface area (Å²) >= 11 is 0. The van der Waals surface area contributed by atoms with Crippen molar-refractivity contribution in [3.8, 4) is 5.75 Å². The average Bonchev–Trinajstić information content (AvgIpc) is 2.60. The molecule has 6 nitrogen and oxygen atoms in total. The smallest absolute Gasteiger partial charge is 0.271 e. The van der Waals surface area contributed by atoms with E-state index in [-0.39, 0.29) is 23.6 Å². The van der Waals surface area contributed by atoms with E-state index < -0.39 is 4.92 Å². The van der Waals surface area contributed by atoms with Crippen molar-refractivity contribution in [3.63, 3.8) is 0 Å². The molecule has 1 N–H and O–H groups in total. The van der Waals surface area contributed by atoms with Crippen molar-refractivity contribution >= 4 is 17.3 Å². The van der Waals surface area contributed by atoms with Crippen LogP contribution in [0, 0.1) is 10.1 Å². The van der Waals surface area contributed by atoms with E-state index in [4.69, 9.17) is 4.74 Å². The number of nitrogens with one attached hydrogen (secondary N) is 1. The van der Waals surface area contributed by atoms with Gasteiger partial charge in [0.25, 0.3) is 11.6 Å². The Kier molecular flexibility index (Phi) is 5.75. The molecule has 0 heterocycles. The van der Waals surface area contributed by atoms with Gasteiger partial charge in [-0.25, -0.2) is 0 Å². The lowest BCUT2D eigenvalue weighted by atomic mass is 9.82. The molecule has 2 aromatic carbocycles. The number of carbonyl (C=O) groups excluding carboxylic acids is 1. The predicted octanol–water partition coefficient (Wildman–Crippen LogP) is 4.30. The molecule has 0 aliphatic carbocycles. The first-order valence-corrected chi connectivity index (χ1v) is 8.09. The van der Waals surface area contributed by atoms with Gasteiger partial charge in [-0.1, -0.05) is 39.0 Å². The lowest BCUT2D eigenvalue weighted by Gasteiger charge is -2.23. The van der Waals surface area contributed by atoms with E-state index in [9.17, 15) is 14.9 Å². The Hall–Kier alpha value is -2.89. The van der Waals surface area contributed by atoms with Gasteiger partial charge in [0.2, 0.25) is 0 Å². The molecule has 2 rings (SSSR count). The number of nitro groups is 1. The number of non-ortho nitro benzene ring substituents is 1. The van der Waals surface area contributed by atoms with Gasteiger partial charge in [-0.3, -0.25) is 14.9 Å². The molecule has 0 spiro atoms. The SMILES string of the molecule is CCC(C)(C)c1ccc(OCC(=O)Nc2cccc([N+](=O)[O-])c2)cc1. The van der Waals surface area contributed by atoms with Crippen molar-refractivity contribution in [2.24, 2.45) is 0 Å². The Morgan fingerprint density at radius 1 is 1.20 bits per heavy atom. The molecule has 0 unspecified atom stereocenters. The van der Waals surface area contributed by atoms with Crippen LogP contribution in [0.3, 0.4) is 0 Å². The quantitative estimate of drug-likeness (QED) is 0.601. The van der Waals surface area contributed by atoms with Crippen LogP contribution in [0.4, 0.5) is 11.4 Å². The minimum atomic E-state index is -0.508. The van der Waals surface area contributed by atoms with Gasteiger partial charge in [0, 0.05) is 17.8 Å². The fraction of sp³-hybridized carbons (Fsp3) is 0.316. The molecule has 0 aromatic heterocycles. The van der Waals surface area contributed by atoms with Crippen LogP contribution in [0.5, 0.6) is 5.75 Å². The molecule has 6 heteroatoms. The van der Waals surface area contributed by atoms with Crippen LogP contribution in [-0.2, 0) is 10.2 Å². The zero-order chi connectivity index (χ0) is 18.4. The monoisotopic (exact) mass is 342 g/mol. The van der Waals surface area contributed by atoms with Crippen molar-refractivity contribution in [1.29, 1.82) is 0 Å². The maximum Gasteiger partial charge on any atom is 0.271 e. The molecule has 0 bridgehead atoms. The van der Waals surface area contributed by atoms with E-state index in [1.165, 1.54) is 23.8 Å². The second kappa shape index (κ2) is 7.79. The Labute approximate surface area is 147 Å². The lowest BCUT2D eigenvalue weighted by Crippen LogP contribution is -2.20. The highest BCUT2D eigenvalue weighted by Gasteiger charge is 2.17. The number of hydrogen-bond acceptors (Lipinski definition) is 4. The Morgan fingerprint density at radius 2 is 1.88 bits per heavy atom. The standard InChI is InChI=1S/C19H22N2O4/c1-4-19(2,3)14-8-10-17(11-9-14)25-13-18(22)20-15-6-5-7-16(12-15)21(23)24/h5-12H,4,13H2,1-3H3,(H,20,22). The summed E-state index contributed by atoms with van der Waals surface area (Å²) in [5, 5.41) is 13.3. The second-order valence-corrected chi connectivity index (χ2v) is 6.41. The number of rotatable bonds is 7.